The van der Waals surface area contributed by atoms with Gasteiger partial charge >= 0.3 is 12.2 Å². The maximum Gasteiger partial charge on any atom is 0.427 e. The summed E-state index contributed by atoms with van der Waals surface area (Å²) in [4.78, 5) is 15.7. The Morgan fingerprint density at radius 2 is 2.04 bits per heavy atom. The van der Waals surface area contributed by atoms with Crippen LogP contribution < -0.4 is 15.4 Å². The molecule has 1 aromatic heterocycles. The van der Waals surface area contributed by atoms with Crippen LogP contribution in [0.2, 0.25) is 0 Å². The first-order valence-electron chi connectivity index (χ1n) is 7.14. The molecule has 0 bridgehead atoms. The normalized spacial score (nSPS) is 19.0. The van der Waals surface area contributed by atoms with Gasteiger partial charge in [0, 0.05) is 17.4 Å². The number of pyridine rings is 1. The summed E-state index contributed by atoms with van der Waals surface area (Å²) in [5.74, 6) is 4.77. The van der Waals surface area contributed by atoms with E-state index in [0.717, 1.165) is 0 Å². The quantitative estimate of drug-likeness (QED) is 0.780. The highest BCUT2D eigenvalue weighted by Gasteiger charge is 2.59. The molecule has 0 spiro atoms. The Hall–Kier alpha value is -3.21. The molecule has 0 saturated carbocycles. The molecular formula is C17H12F3N3O2. The Kier molecular flexibility index (Phi) is 4.00. The summed E-state index contributed by atoms with van der Waals surface area (Å²) in [7, 11) is 1.34. The summed E-state index contributed by atoms with van der Waals surface area (Å²) in [6.45, 7) is 0. The van der Waals surface area contributed by atoms with Gasteiger partial charge in [-0.15, -0.1) is 0 Å². The molecule has 5 nitrogen and oxygen atoms in total. The molecule has 25 heavy (non-hydrogen) atoms. The van der Waals surface area contributed by atoms with Crippen molar-refractivity contribution in [3.05, 3.63) is 53.9 Å². The van der Waals surface area contributed by atoms with E-state index in [0.29, 0.717) is 0 Å². The zero-order valence-corrected chi connectivity index (χ0v) is 12.9. The third-order valence-corrected chi connectivity index (χ3v) is 3.65. The Bertz CT molecular complexity index is 872. The standard InChI is InChI=1S/C17H12F3N3O2/c1-25-12-5-6-14-13(10-12)16(17(18,19)20,23-15(24)22-14)8-7-11-4-2-3-9-21-11/h2-6,9-10H,1H3,(H2,22,23,24). The van der Waals surface area contributed by atoms with E-state index in [1.807, 2.05) is 5.32 Å². The lowest BCUT2D eigenvalue weighted by molar-refractivity contribution is -0.178. The summed E-state index contributed by atoms with van der Waals surface area (Å²) in [6, 6.07) is 7.71. The van der Waals surface area contributed by atoms with Crippen molar-refractivity contribution in [3.8, 4) is 17.6 Å². The molecular weight excluding hydrogens is 335 g/mol. The highest BCUT2D eigenvalue weighted by atomic mass is 19.4. The van der Waals surface area contributed by atoms with Crippen molar-refractivity contribution in [2.24, 2.45) is 0 Å². The first-order chi connectivity index (χ1) is 11.9. The van der Waals surface area contributed by atoms with Crippen LogP contribution in [0.25, 0.3) is 0 Å². The predicted octanol–water partition coefficient (Wildman–Crippen LogP) is 3.03. The molecule has 8 heteroatoms. The van der Waals surface area contributed by atoms with E-state index in [9.17, 15) is 18.0 Å². The lowest BCUT2D eigenvalue weighted by Gasteiger charge is -2.37. The second-order valence-electron chi connectivity index (χ2n) is 5.20. The average molecular weight is 347 g/mol. The van der Waals surface area contributed by atoms with Gasteiger partial charge in [-0.1, -0.05) is 12.0 Å². The van der Waals surface area contributed by atoms with Gasteiger partial charge in [0.15, 0.2) is 0 Å². The number of alkyl halides is 3. The van der Waals surface area contributed by atoms with Crippen molar-refractivity contribution >= 4 is 11.7 Å². The number of urea groups is 1. The number of carbonyl (C=O) groups is 1. The Morgan fingerprint density at radius 3 is 2.68 bits per heavy atom. The molecule has 0 saturated heterocycles. The minimum Gasteiger partial charge on any atom is -0.497 e. The molecule has 1 aliphatic rings. The Labute approximate surface area is 141 Å². The number of hydrogen-bond acceptors (Lipinski definition) is 3. The molecule has 1 aliphatic heterocycles. The van der Waals surface area contributed by atoms with Gasteiger partial charge < -0.3 is 15.4 Å². The third-order valence-electron chi connectivity index (χ3n) is 3.65. The van der Waals surface area contributed by atoms with Gasteiger partial charge in [0.05, 0.1) is 7.11 Å². The minimum absolute atomic E-state index is 0.0113. The fourth-order valence-electron chi connectivity index (χ4n) is 2.45. The molecule has 0 aliphatic carbocycles. The zero-order valence-electron chi connectivity index (χ0n) is 12.9. The molecule has 2 amide bonds. The van der Waals surface area contributed by atoms with Crippen LogP contribution in [0, 0.1) is 11.8 Å². The van der Waals surface area contributed by atoms with Crippen molar-refractivity contribution in [1.82, 2.24) is 10.3 Å². The van der Waals surface area contributed by atoms with Crippen LogP contribution >= 0.6 is 0 Å². The van der Waals surface area contributed by atoms with Gasteiger partial charge in [-0.25, -0.2) is 9.78 Å². The summed E-state index contributed by atoms with van der Waals surface area (Å²) in [5, 5.41) is 4.26. The average Bonchev–Trinajstić information content (AvgIpc) is 2.59. The predicted molar refractivity (Wildman–Crippen MR) is 84.0 cm³/mol. The first kappa shape index (κ1) is 16.6. The third kappa shape index (κ3) is 2.96. The number of carbonyl (C=O) groups excluding carboxylic acids is 1. The van der Waals surface area contributed by atoms with Crippen molar-refractivity contribution in [1.29, 1.82) is 0 Å². The SMILES string of the molecule is COc1ccc2c(c1)C(C#Cc1ccccn1)(C(F)(F)F)NC(=O)N2. The van der Waals surface area contributed by atoms with Crippen LogP contribution in [0.5, 0.6) is 5.75 Å². The van der Waals surface area contributed by atoms with Crippen molar-refractivity contribution < 1.29 is 22.7 Å². The van der Waals surface area contributed by atoms with E-state index in [1.54, 1.807) is 12.1 Å². The Morgan fingerprint density at radius 1 is 1.24 bits per heavy atom. The van der Waals surface area contributed by atoms with Gasteiger partial charge in [0.1, 0.15) is 11.4 Å². The second kappa shape index (κ2) is 6.02. The number of nitrogens with one attached hydrogen (secondary N) is 2. The van der Waals surface area contributed by atoms with E-state index in [2.05, 4.69) is 22.1 Å². The summed E-state index contributed by atoms with van der Waals surface area (Å²) in [6.07, 6.45) is -3.45. The zero-order chi connectivity index (χ0) is 18.1. The van der Waals surface area contributed by atoms with Crippen molar-refractivity contribution in [3.63, 3.8) is 0 Å². The molecule has 3 rings (SSSR count). The van der Waals surface area contributed by atoms with E-state index in [4.69, 9.17) is 4.74 Å². The topological polar surface area (TPSA) is 63.2 Å². The molecule has 2 aromatic rings. The van der Waals surface area contributed by atoms with Gasteiger partial charge in [0.25, 0.3) is 0 Å². The van der Waals surface area contributed by atoms with Crippen molar-refractivity contribution in [2.75, 3.05) is 12.4 Å². The van der Waals surface area contributed by atoms with Crippen LogP contribution in [-0.2, 0) is 5.54 Å². The van der Waals surface area contributed by atoms with Crippen molar-refractivity contribution in [2.45, 2.75) is 11.7 Å². The highest BCUT2D eigenvalue weighted by molar-refractivity contribution is 5.95. The van der Waals surface area contributed by atoms with Crippen LogP contribution in [0.4, 0.5) is 23.7 Å². The van der Waals surface area contributed by atoms with Crippen LogP contribution in [0.1, 0.15) is 11.3 Å². The van der Waals surface area contributed by atoms with Gasteiger partial charge in [0.2, 0.25) is 5.54 Å². The summed E-state index contributed by atoms with van der Waals surface area (Å²) in [5.41, 5.74) is -2.96. The molecule has 1 atom stereocenters. The molecule has 1 unspecified atom stereocenters. The van der Waals surface area contributed by atoms with E-state index >= 15 is 0 Å². The number of rotatable bonds is 1. The number of ether oxygens (including phenoxy) is 1. The lowest BCUT2D eigenvalue weighted by Crippen LogP contribution is -2.59. The number of hydrogen-bond donors (Lipinski definition) is 2. The first-order valence-corrected chi connectivity index (χ1v) is 7.14. The molecule has 2 N–H and O–H groups in total. The Balaban J connectivity index is 2.23. The number of methoxy groups -OCH3 is 1. The van der Waals surface area contributed by atoms with E-state index in [1.165, 1.54) is 37.6 Å². The van der Waals surface area contributed by atoms with Crippen LogP contribution in [0.3, 0.4) is 0 Å². The molecule has 1 aromatic carbocycles. The number of anilines is 1. The van der Waals surface area contributed by atoms with E-state index < -0.39 is 17.7 Å². The number of amides is 2. The molecule has 0 radical (unpaired) electrons. The summed E-state index contributed by atoms with van der Waals surface area (Å²) < 4.78 is 46.9. The van der Waals surface area contributed by atoms with Crippen LogP contribution in [0.15, 0.2) is 42.6 Å². The maximum absolute atomic E-state index is 14.0. The highest BCUT2D eigenvalue weighted by Crippen LogP contribution is 2.44. The molecule has 0 fully saturated rings. The van der Waals surface area contributed by atoms with Gasteiger partial charge in [-0.05, 0) is 36.3 Å². The number of nitrogens with zero attached hydrogens (tertiary/aromatic N) is 1. The van der Waals surface area contributed by atoms with Gasteiger partial charge in [-0.3, -0.25) is 0 Å². The number of aromatic nitrogens is 1. The molecule has 128 valence electrons. The number of fused-ring (bicyclic) bond motifs is 1. The van der Waals surface area contributed by atoms with Gasteiger partial charge in [-0.2, -0.15) is 13.2 Å². The minimum atomic E-state index is -4.87. The lowest BCUT2D eigenvalue weighted by atomic mass is 9.86. The van der Waals surface area contributed by atoms with Crippen LogP contribution in [-0.4, -0.2) is 24.3 Å². The summed E-state index contributed by atoms with van der Waals surface area (Å²) >= 11 is 0. The molecule has 2 heterocycles. The monoisotopic (exact) mass is 347 g/mol. The second-order valence-corrected chi connectivity index (χ2v) is 5.20. The number of halogens is 3. The smallest absolute Gasteiger partial charge is 0.427 e. The van der Waals surface area contributed by atoms with E-state index in [-0.39, 0.29) is 22.7 Å². The number of benzene rings is 1. The fraction of sp³-hybridized carbons (Fsp3) is 0.176. The fourth-order valence-corrected chi connectivity index (χ4v) is 2.45. The maximum atomic E-state index is 14.0. The largest absolute Gasteiger partial charge is 0.497 e.